The number of H-pyrrole nitrogens is 1. The van der Waals surface area contributed by atoms with E-state index in [1.165, 1.54) is 10.6 Å². The van der Waals surface area contributed by atoms with Crippen molar-refractivity contribution >= 4 is 26.8 Å². The van der Waals surface area contributed by atoms with Gasteiger partial charge in [0, 0.05) is 48.6 Å². The molecule has 1 amide bonds. The number of para-hydroxylation sites is 1. The first-order valence-electron chi connectivity index (χ1n) is 10.3. The van der Waals surface area contributed by atoms with E-state index in [4.69, 9.17) is 0 Å². The second kappa shape index (κ2) is 8.62. The number of rotatable bonds is 6. The highest BCUT2D eigenvalue weighted by atomic mass is 32.2. The highest BCUT2D eigenvalue weighted by Crippen LogP contribution is 2.30. The van der Waals surface area contributed by atoms with Crippen LogP contribution in [0.4, 0.5) is 0 Å². The van der Waals surface area contributed by atoms with Crippen LogP contribution < -0.4 is 5.32 Å². The largest absolute Gasteiger partial charge is 0.361 e. The molecule has 0 aliphatic carbocycles. The molecule has 1 aliphatic heterocycles. The number of hydrogen-bond acceptors (Lipinski definition) is 3. The maximum atomic E-state index is 12.8. The van der Waals surface area contributed by atoms with Crippen molar-refractivity contribution in [2.45, 2.75) is 18.8 Å². The molecule has 0 radical (unpaired) electrons. The lowest BCUT2D eigenvalue weighted by atomic mass is 9.90. The highest BCUT2D eigenvalue weighted by Gasteiger charge is 2.29. The van der Waals surface area contributed by atoms with E-state index in [9.17, 15) is 13.2 Å². The molecule has 2 aromatic carbocycles. The van der Waals surface area contributed by atoms with E-state index in [0.717, 1.165) is 22.0 Å². The van der Waals surface area contributed by atoms with Gasteiger partial charge >= 0.3 is 0 Å². The molecule has 1 aliphatic rings. The number of carbonyl (C=O) groups is 1. The zero-order valence-corrected chi connectivity index (χ0v) is 17.9. The number of benzene rings is 2. The summed E-state index contributed by atoms with van der Waals surface area (Å²) in [5.41, 5.74) is 3.38. The van der Waals surface area contributed by atoms with Crippen molar-refractivity contribution in [1.82, 2.24) is 14.6 Å². The molecule has 0 spiro atoms. The molecule has 1 atom stereocenters. The van der Waals surface area contributed by atoms with Crippen molar-refractivity contribution in [3.8, 4) is 0 Å². The van der Waals surface area contributed by atoms with Crippen LogP contribution >= 0.6 is 0 Å². The number of sulfonamides is 1. The molecule has 0 saturated carbocycles. The van der Waals surface area contributed by atoms with Crippen molar-refractivity contribution in [3.63, 3.8) is 0 Å². The number of nitrogens with zero attached hydrogens (tertiary/aromatic N) is 1. The lowest BCUT2D eigenvalue weighted by molar-refractivity contribution is -0.126. The molecule has 2 heterocycles. The second-order valence-electron chi connectivity index (χ2n) is 7.93. The second-order valence-corrected chi connectivity index (χ2v) is 9.92. The van der Waals surface area contributed by atoms with E-state index in [2.05, 4.69) is 34.6 Å². The zero-order chi connectivity index (χ0) is 21.1. The predicted molar refractivity (Wildman–Crippen MR) is 119 cm³/mol. The average Bonchev–Trinajstić information content (AvgIpc) is 3.18. The zero-order valence-electron chi connectivity index (χ0n) is 17.0. The summed E-state index contributed by atoms with van der Waals surface area (Å²) in [6, 6.07) is 18.4. The molecule has 0 bridgehead atoms. The van der Waals surface area contributed by atoms with Gasteiger partial charge in [0.15, 0.2) is 0 Å². The standard InChI is InChI=1S/C23H27N3O3S/c1-30(28,29)26-13-11-18(12-14-26)23(27)25-15-20(17-7-3-2-4-8-17)21-16-24-22-10-6-5-9-19(21)22/h2-10,16,18,20,24H,11-15H2,1H3,(H,25,27)/t20-/m0/s1. The minimum absolute atomic E-state index is 0.00363. The summed E-state index contributed by atoms with van der Waals surface area (Å²) in [7, 11) is -3.19. The van der Waals surface area contributed by atoms with Crippen LogP contribution in [0.25, 0.3) is 10.9 Å². The van der Waals surface area contributed by atoms with E-state index in [-0.39, 0.29) is 17.7 Å². The van der Waals surface area contributed by atoms with Crippen LogP contribution in [0.15, 0.2) is 60.8 Å². The van der Waals surface area contributed by atoms with E-state index in [0.29, 0.717) is 32.5 Å². The van der Waals surface area contributed by atoms with E-state index >= 15 is 0 Å². The van der Waals surface area contributed by atoms with Gasteiger partial charge in [-0.25, -0.2) is 12.7 Å². The molecule has 1 aromatic heterocycles. The fraction of sp³-hybridized carbons (Fsp3) is 0.348. The molecule has 4 rings (SSSR count). The van der Waals surface area contributed by atoms with Crippen LogP contribution in [0.1, 0.15) is 29.9 Å². The van der Waals surface area contributed by atoms with Crippen molar-refractivity contribution in [2.24, 2.45) is 5.92 Å². The number of hydrogen-bond donors (Lipinski definition) is 2. The quantitative estimate of drug-likeness (QED) is 0.637. The van der Waals surface area contributed by atoms with Crippen LogP contribution in [-0.2, 0) is 14.8 Å². The van der Waals surface area contributed by atoms with Gasteiger partial charge in [-0.3, -0.25) is 4.79 Å². The molecule has 158 valence electrons. The molecule has 0 unspecified atom stereocenters. The number of amides is 1. The molecular weight excluding hydrogens is 398 g/mol. The Labute approximate surface area is 177 Å². The number of nitrogens with one attached hydrogen (secondary N) is 2. The van der Waals surface area contributed by atoms with Crippen LogP contribution in [-0.4, -0.2) is 49.5 Å². The van der Waals surface area contributed by atoms with E-state index in [1.807, 2.05) is 36.5 Å². The molecule has 7 heteroatoms. The minimum atomic E-state index is -3.19. The SMILES string of the molecule is CS(=O)(=O)N1CCC(C(=O)NC[C@@H](c2ccccc2)c2c[nH]c3ccccc23)CC1. The number of aromatic nitrogens is 1. The third-order valence-electron chi connectivity index (χ3n) is 5.97. The first-order valence-corrected chi connectivity index (χ1v) is 12.1. The summed E-state index contributed by atoms with van der Waals surface area (Å²) < 4.78 is 24.8. The topological polar surface area (TPSA) is 82.3 Å². The average molecular weight is 426 g/mol. The van der Waals surface area contributed by atoms with Crippen LogP contribution in [0.5, 0.6) is 0 Å². The maximum Gasteiger partial charge on any atom is 0.223 e. The van der Waals surface area contributed by atoms with Gasteiger partial charge in [-0.1, -0.05) is 48.5 Å². The Morgan fingerprint density at radius 1 is 1.10 bits per heavy atom. The monoisotopic (exact) mass is 425 g/mol. The van der Waals surface area contributed by atoms with Gasteiger partial charge in [-0.05, 0) is 30.0 Å². The molecule has 6 nitrogen and oxygen atoms in total. The third-order valence-corrected chi connectivity index (χ3v) is 7.28. The Kier molecular flexibility index (Phi) is 5.92. The minimum Gasteiger partial charge on any atom is -0.361 e. The summed E-state index contributed by atoms with van der Waals surface area (Å²) in [6.07, 6.45) is 4.36. The van der Waals surface area contributed by atoms with Crippen LogP contribution in [0.3, 0.4) is 0 Å². The molecule has 3 aromatic rings. The lowest BCUT2D eigenvalue weighted by Gasteiger charge is -2.30. The number of aromatic amines is 1. The first kappa shape index (κ1) is 20.6. The number of piperidine rings is 1. The van der Waals surface area contributed by atoms with Gasteiger partial charge in [0.25, 0.3) is 0 Å². The smallest absolute Gasteiger partial charge is 0.223 e. The van der Waals surface area contributed by atoms with Gasteiger partial charge in [-0.2, -0.15) is 0 Å². The molecule has 30 heavy (non-hydrogen) atoms. The summed E-state index contributed by atoms with van der Waals surface area (Å²) in [6.45, 7) is 1.31. The van der Waals surface area contributed by atoms with Gasteiger partial charge in [-0.15, -0.1) is 0 Å². The maximum absolute atomic E-state index is 12.8. The fourth-order valence-electron chi connectivity index (χ4n) is 4.27. The number of fused-ring (bicyclic) bond motifs is 1. The predicted octanol–water partition coefficient (Wildman–Crippen LogP) is 3.09. The number of carbonyl (C=O) groups excluding carboxylic acids is 1. The lowest BCUT2D eigenvalue weighted by Crippen LogP contribution is -2.43. The van der Waals surface area contributed by atoms with Gasteiger partial charge < -0.3 is 10.3 Å². The van der Waals surface area contributed by atoms with Gasteiger partial charge in [0.1, 0.15) is 0 Å². The van der Waals surface area contributed by atoms with Crippen LogP contribution in [0.2, 0.25) is 0 Å². The Morgan fingerprint density at radius 3 is 2.47 bits per heavy atom. The Hall–Kier alpha value is -2.64. The van der Waals surface area contributed by atoms with Crippen molar-refractivity contribution in [1.29, 1.82) is 0 Å². The third kappa shape index (κ3) is 4.42. The summed E-state index contributed by atoms with van der Waals surface area (Å²) in [4.78, 5) is 16.2. The summed E-state index contributed by atoms with van der Waals surface area (Å²) in [5, 5.41) is 4.29. The van der Waals surface area contributed by atoms with Gasteiger partial charge in [0.2, 0.25) is 15.9 Å². The summed E-state index contributed by atoms with van der Waals surface area (Å²) in [5.74, 6) is -0.117. The normalized spacial score (nSPS) is 17.1. The molecule has 1 fully saturated rings. The fourth-order valence-corrected chi connectivity index (χ4v) is 5.15. The van der Waals surface area contributed by atoms with Crippen molar-refractivity contribution in [2.75, 3.05) is 25.9 Å². The van der Waals surface area contributed by atoms with E-state index < -0.39 is 10.0 Å². The Morgan fingerprint density at radius 2 is 1.77 bits per heavy atom. The highest BCUT2D eigenvalue weighted by molar-refractivity contribution is 7.88. The first-order chi connectivity index (χ1) is 14.4. The molecule has 2 N–H and O–H groups in total. The molecule has 1 saturated heterocycles. The van der Waals surface area contributed by atoms with Crippen LogP contribution in [0, 0.1) is 5.92 Å². The van der Waals surface area contributed by atoms with Crippen molar-refractivity contribution in [3.05, 3.63) is 71.9 Å². The Balaban J connectivity index is 1.49. The van der Waals surface area contributed by atoms with Gasteiger partial charge in [0.05, 0.1) is 6.26 Å². The van der Waals surface area contributed by atoms with E-state index in [1.54, 1.807) is 0 Å². The van der Waals surface area contributed by atoms with Crippen molar-refractivity contribution < 1.29 is 13.2 Å². The Bertz CT molecular complexity index is 1120. The summed E-state index contributed by atoms with van der Waals surface area (Å²) >= 11 is 0. The molecular formula is C23H27N3O3S.